The maximum absolute atomic E-state index is 12.2. The number of ether oxygens (including phenoxy) is 1. The van der Waals surface area contributed by atoms with Crippen LogP contribution in [0.4, 0.5) is 0 Å². The first-order valence-electron chi connectivity index (χ1n) is 7.50. The Bertz CT molecular complexity index is 770. The fraction of sp³-hybridized carbons (Fsp3) is 0.375. The molecule has 6 nitrogen and oxygen atoms in total. The highest BCUT2D eigenvalue weighted by Crippen LogP contribution is 2.23. The van der Waals surface area contributed by atoms with Crippen molar-refractivity contribution in [2.24, 2.45) is 0 Å². The van der Waals surface area contributed by atoms with Crippen LogP contribution in [-0.4, -0.2) is 33.3 Å². The number of thiazole rings is 1. The Hall–Kier alpha value is -1.77. The second-order valence-electron chi connectivity index (χ2n) is 5.35. The van der Waals surface area contributed by atoms with Crippen molar-refractivity contribution in [3.8, 4) is 5.75 Å². The minimum Gasteiger partial charge on any atom is -0.497 e. The summed E-state index contributed by atoms with van der Waals surface area (Å²) in [5.74, 6) is 0.801. The van der Waals surface area contributed by atoms with Crippen molar-refractivity contribution in [3.63, 3.8) is 0 Å². The lowest BCUT2D eigenvalue weighted by Gasteiger charge is -2.10. The van der Waals surface area contributed by atoms with Crippen LogP contribution in [-0.2, 0) is 10.0 Å². The van der Waals surface area contributed by atoms with Crippen LogP contribution >= 0.6 is 11.3 Å². The van der Waals surface area contributed by atoms with Gasteiger partial charge in [0.2, 0.25) is 10.0 Å². The summed E-state index contributed by atoms with van der Waals surface area (Å²) < 4.78 is 32.0. The molecular formula is C16H20N2O4S2. The molecule has 8 heteroatoms. The van der Waals surface area contributed by atoms with Crippen LogP contribution in [0.2, 0.25) is 0 Å². The Balaban J connectivity index is 1.82. The third kappa shape index (κ3) is 4.86. The van der Waals surface area contributed by atoms with E-state index >= 15 is 0 Å². The van der Waals surface area contributed by atoms with Crippen molar-refractivity contribution < 1.29 is 17.9 Å². The molecule has 0 aliphatic carbocycles. The van der Waals surface area contributed by atoms with E-state index in [-0.39, 0.29) is 10.8 Å². The lowest BCUT2D eigenvalue weighted by Crippen LogP contribution is -2.25. The molecule has 0 fully saturated rings. The predicted molar refractivity (Wildman–Crippen MR) is 93.3 cm³/mol. The highest BCUT2D eigenvalue weighted by atomic mass is 32.2. The first-order chi connectivity index (χ1) is 11.5. The van der Waals surface area contributed by atoms with Gasteiger partial charge in [-0.05, 0) is 37.1 Å². The molecule has 0 bridgehead atoms. The Morgan fingerprint density at radius 2 is 2.04 bits per heavy atom. The molecule has 0 spiro atoms. The number of rotatable bonds is 9. The van der Waals surface area contributed by atoms with E-state index in [0.29, 0.717) is 24.4 Å². The van der Waals surface area contributed by atoms with Crippen molar-refractivity contribution in [2.75, 3.05) is 13.7 Å². The summed E-state index contributed by atoms with van der Waals surface area (Å²) in [6.45, 7) is 2.37. The fourth-order valence-corrected chi connectivity index (χ4v) is 4.09. The zero-order valence-corrected chi connectivity index (χ0v) is 15.2. The minimum absolute atomic E-state index is 0.189. The summed E-state index contributed by atoms with van der Waals surface area (Å²) in [4.78, 5) is 15.1. The van der Waals surface area contributed by atoms with E-state index in [0.717, 1.165) is 17.7 Å². The highest BCUT2D eigenvalue weighted by molar-refractivity contribution is 7.89. The molecule has 0 aliphatic heterocycles. The standard InChI is InChI=1S/C16H20N2O4S2/c1-12(16-18-13(10-19)11-23-16)4-3-9-17-24(20,21)15-7-5-14(22-2)6-8-15/h5-8,10-12,17H,3-4,9H2,1-2H3. The van der Waals surface area contributed by atoms with E-state index < -0.39 is 10.0 Å². The van der Waals surface area contributed by atoms with E-state index in [1.807, 2.05) is 6.92 Å². The third-order valence-electron chi connectivity index (χ3n) is 3.56. The number of nitrogens with zero attached hydrogens (tertiary/aromatic N) is 1. The SMILES string of the molecule is COc1ccc(S(=O)(=O)NCCCC(C)c2nc(C=O)cs2)cc1. The van der Waals surface area contributed by atoms with Gasteiger partial charge in [0, 0.05) is 17.8 Å². The number of hydrogen-bond acceptors (Lipinski definition) is 6. The summed E-state index contributed by atoms with van der Waals surface area (Å²) in [6.07, 6.45) is 2.21. The predicted octanol–water partition coefficient (Wildman–Crippen LogP) is 2.83. The molecule has 1 heterocycles. The summed E-state index contributed by atoms with van der Waals surface area (Å²) >= 11 is 1.45. The van der Waals surface area contributed by atoms with E-state index in [1.165, 1.54) is 30.6 Å². The summed E-state index contributed by atoms with van der Waals surface area (Å²) in [7, 11) is -1.98. The van der Waals surface area contributed by atoms with Crippen LogP contribution in [0, 0.1) is 0 Å². The number of hydrogen-bond donors (Lipinski definition) is 1. The van der Waals surface area contributed by atoms with E-state index in [9.17, 15) is 13.2 Å². The number of carbonyl (C=O) groups is 1. The molecule has 130 valence electrons. The number of methoxy groups -OCH3 is 1. The largest absolute Gasteiger partial charge is 0.497 e. The van der Waals surface area contributed by atoms with E-state index in [1.54, 1.807) is 17.5 Å². The molecule has 0 saturated heterocycles. The van der Waals surface area contributed by atoms with Gasteiger partial charge in [-0.1, -0.05) is 6.92 Å². The average molecular weight is 368 g/mol. The molecule has 1 aromatic heterocycles. The smallest absolute Gasteiger partial charge is 0.240 e. The molecule has 2 rings (SSSR count). The average Bonchev–Trinajstić information content (AvgIpc) is 3.08. The Kier molecular flexibility index (Phi) is 6.47. The number of aromatic nitrogens is 1. The first-order valence-corrected chi connectivity index (χ1v) is 9.87. The quantitative estimate of drug-likeness (QED) is 0.543. The molecule has 1 N–H and O–H groups in total. The molecule has 24 heavy (non-hydrogen) atoms. The molecule has 0 amide bonds. The highest BCUT2D eigenvalue weighted by Gasteiger charge is 2.14. The molecular weight excluding hydrogens is 348 g/mol. The Morgan fingerprint density at radius 1 is 1.33 bits per heavy atom. The monoisotopic (exact) mass is 368 g/mol. The van der Waals surface area contributed by atoms with Gasteiger partial charge in [-0.25, -0.2) is 18.1 Å². The number of nitrogens with one attached hydrogen (secondary N) is 1. The van der Waals surface area contributed by atoms with Crippen molar-refractivity contribution in [1.29, 1.82) is 0 Å². The lowest BCUT2D eigenvalue weighted by atomic mass is 10.1. The molecule has 0 aliphatic rings. The Morgan fingerprint density at radius 3 is 2.62 bits per heavy atom. The summed E-state index contributed by atoms with van der Waals surface area (Å²) in [6, 6.07) is 6.26. The van der Waals surface area contributed by atoms with E-state index in [2.05, 4.69) is 9.71 Å². The molecule has 2 aromatic rings. The number of carbonyl (C=O) groups excluding carboxylic acids is 1. The first kappa shape index (κ1) is 18.6. The summed E-state index contributed by atoms with van der Waals surface area (Å²) in [5.41, 5.74) is 0.446. The maximum Gasteiger partial charge on any atom is 0.240 e. The number of sulfonamides is 1. The van der Waals surface area contributed by atoms with Crippen molar-refractivity contribution in [3.05, 3.63) is 40.3 Å². The molecule has 1 aromatic carbocycles. The van der Waals surface area contributed by atoms with Gasteiger partial charge in [-0.2, -0.15) is 0 Å². The maximum atomic E-state index is 12.2. The van der Waals surface area contributed by atoms with Crippen molar-refractivity contribution >= 4 is 27.6 Å². The fourth-order valence-electron chi connectivity index (χ4n) is 2.16. The van der Waals surface area contributed by atoms with Crippen LogP contribution < -0.4 is 9.46 Å². The molecule has 0 radical (unpaired) electrons. The molecule has 1 unspecified atom stereocenters. The van der Waals surface area contributed by atoms with Gasteiger partial charge in [-0.15, -0.1) is 11.3 Å². The van der Waals surface area contributed by atoms with Crippen LogP contribution in [0.3, 0.4) is 0 Å². The van der Waals surface area contributed by atoms with Gasteiger partial charge in [0.1, 0.15) is 11.4 Å². The van der Waals surface area contributed by atoms with Gasteiger partial charge in [-0.3, -0.25) is 4.79 Å². The molecule has 1 atom stereocenters. The van der Waals surface area contributed by atoms with Crippen molar-refractivity contribution in [2.45, 2.75) is 30.6 Å². The third-order valence-corrected chi connectivity index (χ3v) is 6.13. The molecule has 0 saturated carbocycles. The van der Waals surface area contributed by atoms with Gasteiger partial charge < -0.3 is 4.74 Å². The van der Waals surface area contributed by atoms with Gasteiger partial charge >= 0.3 is 0 Å². The van der Waals surface area contributed by atoms with Crippen LogP contribution in [0.5, 0.6) is 5.75 Å². The number of benzene rings is 1. The lowest BCUT2D eigenvalue weighted by molar-refractivity contribution is 0.111. The second-order valence-corrected chi connectivity index (χ2v) is 8.00. The minimum atomic E-state index is -3.51. The van der Waals surface area contributed by atoms with Crippen molar-refractivity contribution in [1.82, 2.24) is 9.71 Å². The van der Waals surface area contributed by atoms with E-state index in [4.69, 9.17) is 4.74 Å². The number of aldehydes is 1. The summed E-state index contributed by atoms with van der Waals surface area (Å²) in [5, 5.41) is 2.63. The van der Waals surface area contributed by atoms with Gasteiger partial charge in [0.25, 0.3) is 0 Å². The van der Waals surface area contributed by atoms with Gasteiger partial charge in [0.05, 0.1) is 17.0 Å². The van der Waals surface area contributed by atoms with Crippen LogP contribution in [0.15, 0.2) is 34.5 Å². The zero-order valence-electron chi connectivity index (χ0n) is 13.6. The second kappa shape index (κ2) is 8.36. The topological polar surface area (TPSA) is 85.4 Å². The van der Waals surface area contributed by atoms with Crippen LogP contribution in [0.1, 0.15) is 41.2 Å². The van der Waals surface area contributed by atoms with Gasteiger partial charge in [0.15, 0.2) is 6.29 Å². The normalized spacial score (nSPS) is 12.8. The zero-order chi connectivity index (χ0) is 17.6. The van der Waals surface area contributed by atoms with Crippen LogP contribution in [0.25, 0.3) is 0 Å². The Labute approximate surface area is 145 Å².